The number of hydrogen-bond acceptors (Lipinski definition) is 4. The number of anilines is 2. The summed E-state index contributed by atoms with van der Waals surface area (Å²) in [6.45, 7) is 9.27. The lowest BCUT2D eigenvalue weighted by molar-refractivity contribution is -0.110. The van der Waals surface area contributed by atoms with E-state index in [9.17, 15) is 9.59 Å². The molecular formula is C27H31N5O2. The molecule has 0 atom stereocenters. The van der Waals surface area contributed by atoms with Gasteiger partial charge in [0, 0.05) is 52.5 Å². The molecule has 2 heterocycles. The highest BCUT2D eigenvalue weighted by Crippen LogP contribution is 2.38. The van der Waals surface area contributed by atoms with Crippen LogP contribution in [0.5, 0.6) is 0 Å². The Balaban J connectivity index is 1.78. The molecule has 5 N–H and O–H groups in total. The molecule has 3 aromatic rings. The maximum atomic E-state index is 13.4. The number of aryl methyl sites for hydroxylation is 1. The van der Waals surface area contributed by atoms with Crippen LogP contribution in [0.3, 0.4) is 0 Å². The van der Waals surface area contributed by atoms with Gasteiger partial charge >= 0.3 is 0 Å². The number of carbonyl (C=O) groups excluding carboxylic acids is 2. The molecule has 7 heteroatoms. The van der Waals surface area contributed by atoms with Gasteiger partial charge in [-0.3, -0.25) is 9.59 Å². The molecular weight excluding hydrogens is 426 g/mol. The number of nitrogens with one attached hydrogen (secondary N) is 3. The number of aromatic nitrogens is 1. The number of H-pyrrole nitrogens is 1. The molecule has 0 saturated heterocycles. The van der Waals surface area contributed by atoms with Crippen molar-refractivity contribution < 1.29 is 9.59 Å². The van der Waals surface area contributed by atoms with E-state index in [0.29, 0.717) is 34.6 Å². The number of fused-ring (bicyclic) bond motifs is 1. The number of nitrogens with two attached hydrogens (primary N) is 1. The lowest BCUT2D eigenvalue weighted by Gasteiger charge is -2.18. The average Bonchev–Trinajstić information content (AvgIpc) is 3.33. The van der Waals surface area contributed by atoms with E-state index in [1.54, 1.807) is 0 Å². The molecule has 7 nitrogen and oxygen atoms in total. The fourth-order valence-corrected chi connectivity index (χ4v) is 4.43. The smallest absolute Gasteiger partial charge is 0.256 e. The topological polar surface area (TPSA) is 103 Å². The van der Waals surface area contributed by atoms with Gasteiger partial charge in [0.15, 0.2) is 0 Å². The van der Waals surface area contributed by atoms with Crippen molar-refractivity contribution in [1.82, 2.24) is 15.2 Å². The minimum absolute atomic E-state index is 0.167. The molecule has 0 unspecified atom stereocenters. The number of nitrogen functional groups attached to an aromatic ring is 1. The molecule has 2 amide bonds. The predicted octanol–water partition coefficient (Wildman–Crippen LogP) is 4.14. The maximum absolute atomic E-state index is 13.4. The van der Waals surface area contributed by atoms with Crippen LogP contribution in [0.1, 0.15) is 41.2 Å². The van der Waals surface area contributed by atoms with Gasteiger partial charge in [-0.05, 0) is 38.2 Å². The average molecular weight is 458 g/mol. The third kappa shape index (κ3) is 4.47. The molecule has 176 valence electrons. The summed E-state index contributed by atoms with van der Waals surface area (Å²) in [6, 6.07) is 15.0. The summed E-state index contributed by atoms with van der Waals surface area (Å²) in [7, 11) is 0. The van der Waals surface area contributed by atoms with Crippen molar-refractivity contribution in [3.63, 3.8) is 0 Å². The van der Waals surface area contributed by atoms with E-state index in [4.69, 9.17) is 5.73 Å². The molecule has 0 saturated carbocycles. The van der Waals surface area contributed by atoms with Crippen molar-refractivity contribution in [1.29, 1.82) is 0 Å². The molecule has 4 rings (SSSR count). The molecule has 1 aromatic heterocycles. The monoisotopic (exact) mass is 457 g/mol. The van der Waals surface area contributed by atoms with Crippen LogP contribution < -0.4 is 16.4 Å². The highest BCUT2D eigenvalue weighted by molar-refractivity contribution is 6.35. The molecule has 0 fully saturated rings. The summed E-state index contributed by atoms with van der Waals surface area (Å²) in [4.78, 5) is 31.7. The van der Waals surface area contributed by atoms with Gasteiger partial charge < -0.3 is 26.3 Å². The van der Waals surface area contributed by atoms with Crippen LogP contribution in [0.25, 0.3) is 22.8 Å². The number of rotatable bonds is 8. The molecule has 0 spiro atoms. The number of hydrogen-bond donors (Lipinski definition) is 4. The van der Waals surface area contributed by atoms with Crippen molar-refractivity contribution in [2.24, 2.45) is 0 Å². The van der Waals surface area contributed by atoms with Crippen LogP contribution in [0.15, 0.2) is 48.5 Å². The minimum atomic E-state index is -0.175. The first-order valence-corrected chi connectivity index (χ1v) is 11.6. The Morgan fingerprint density at radius 1 is 1.06 bits per heavy atom. The first kappa shape index (κ1) is 23.3. The fourth-order valence-electron chi connectivity index (χ4n) is 4.43. The van der Waals surface area contributed by atoms with Crippen molar-refractivity contribution >= 4 is 34.8 Å². The van der Waals surface area contributed by atoms with E-state index in [1.165, 1.54) is 0 Å². The first-order chi connectivity index (χ1) is 16.4. The molecule has 2 aromatic carbocycles. The maximum Gasteiger partial charge on any atom is 0.256 e. The summed E-state index contributed by atoms with van der Waals surface area (Å²) in [5.74, 6) is -0.342. The van der Waals surface area contributed by atoms with Crippen molar-refractivity contribution in [2.45, 2.75) is 20.8 Å². The summed E-state index contributed by atoms with van der Waals surface area (Å²) in [5, 5.41) is 5.96. The molecule has 34 heavy (non-hydrogen) atoms. The zero-order valence-electron chi connectivity index (χ0n) is 19.9. The highest BCUT2D eigenvalue weighted by Gasteiger charge is 2.27. The summed E-state index contributed by atoms with van der Waals surface area (Å²) in [6.07, 6.45) is 1.81. The second kappa shape index (κ2) is 9.97. The second-order valence-corrected chi connectivity index (χ2v) is 8.34. The third-order valence-electron chi connectivity index (χ3n) is 6.28. The third-order valence-corrected chi connectivity index (χ3v) is 6.28. The van der Waals surface area contributed by atoms with Gasteiger partial charge in [0.25, 0.3) is 11.8 Å². The lowest BCUT2D eigenvalue weighted by atomic mass is 9.96. The Morgan fingerprint density at radius 3 is 2.44 bits per heavy atom. The van der Waals surface area contributed by atoms with Crippen LogP contribution >= 0.6 is 0 Å². The Bertz CT molecular complexity index is 1250. The highest BCUT2D eigenvalue weighted by atomic mass is 16.2. The van der Waals surface area contributed by atoms with Crippen molar-refractivity contribution in [3.8, 4) is 11.1 Å². The van der Waals surface area contributed by atoms with Gasteiger partial charge in [-0.1, -0.05) is 50.2 Å². The van der Waals surface area contributed by atoms with E-state index < -0.39 is 0 Å². The first-order valence-electron chi connectivity index (χ1n) is 11.6. The van der Waals surface area contributed by atoms with Gasteiger partial charge in [-0.25, -0.2) is 0 Å². The molecule has 0 aliphatic carbocycles. The number of carbonyl (C=O) groups is 2. The summed E-state index contributed by atoms with van der Waals surface area (Å²) < 4.78 is 0. The zero-order valence-corrected chi connectivity index (χ0v) is 19.9. The van der Waals surface area contributed by atoms with Crippen LogP contribution in [0, 0.1) is 6.92 Å². The Morgan fingerprint density at radius 2 is 1.74 bits per heavy atom. The quantitative estimate of drug-likeness (QED) is 0.302. The lowest BCUT2D eigenvalue weighted by Crippen LogP contribution is -2.35. The molecule has 0 bridgehead atoms. The van der Waals surface area contributed by atoms with E-state index in [0.717, 1.165) is 42.1 Å². The Hall–Kier alpha value is -3.84. The van der Waals surface area contributed by atoms with Gasteiger partial charge in [-0.2, -0.15) is 0 Å². The number of para-hydroxylation sites is 2. The van der Waals surface area contributed by atoms with E-state index >= 15 is 0 Å². The van der Waals surface area contributed by atoms with E-state index in [1.807, 2.05) is 61.5 Å². The van der Waals surface area contributed by atoms with Gasteiger partial charge in [0.1, 0.15) is 0 Å². The number of likely N-dealkylation sites (N-methyl/N-ethyl adjacent to an activating group) is 1. The SMILES string of the molecule is CCN(CC)CCNC(=O)c1c(C)[nH]c(C=C2C(=O)Nc3ccccc32)c1-c1ccccc1N. The van der Waals surface area contributed by atoms with Gasteiger partial charge in [0.05, 0.1) is 11.1 Å². The summed E-state index contributed by atoms with van der Waals surface area (Å²) in [5.41, 5.74) is 12.4. The van der Waals surface area contributed by atoms with Crippen LogP contribution in [0.4, 0.5) is 11.4 Å². The normalized spacial score (nSPS) is 13.9. The predicted molar refractivity (Wildman–Crippen MR) is 138 cm³/mol. The van der Waals surface area contributed by atoms with Gasteiger partial charge in [0.2, 0.25) is 0 Å². The summed E-state index contributed by atoms with van der Waals surface area (Å²) >= 11 is 0. The number of benzene rings is 2. The van der Waals surface area contributed by atoms with Crippen molar-refractivity contribution in [3.05, 3.63) is 71.0 Å². The Labute approximate surface area is 200 Å². The standard InChI is InChI=1S/C27H31N5O2/c1-4-32(5-2)15-14-29-27(34)24-17(3)30-23(25(24)19-11-6-8-12-21(19)28)16-20-18-10-7-9-13-22(18)31-26(20)33/h6-13,16,30H,4-5,14-15,28H2,1-3H3,(H,29,34)(H,31,33). The molecule has 0 radical (unpaired) electrons. The second-order valence-electron chi connectivity index (χ2n) is 8.34. The van der Waals surface area contributed by atoms with Crippen LogP contribution in [-0.2, 0) is 4.79 Å². The van der Waals surface area contributed by atoms with Crippen LogP contribution in [-0.4, -0.2) is 47.9 Å². The minimum Gasteiger partial charge on any atom is -0.398 e. The Kier molecular flexibility index (Phi) is 6.84. The number of nitrogens with zero attached hydrogens (tertiary/aromatic N) is 1. The molecule has 1 aliphatic rings. The molecule has 1 aliphatic heterocycles. The van der Waals surface area contributed by atoms with E-state index in [-0.39, 0.29) is 11.8 Å². The zero-order chi connectivity index (χ0) is 24.2. The van der Waals surface area contributed by atoms with Gasteiger partial charge in [-0.15, -0.1) is 0 Å². The fraction of sp³-hybridized carbons (Fsp3) is 0.259. The van der Waals surface area contributed by atoms with Crippen LogP contribution in [0.2, 0.25) is 0 Å². The number of amides is 2. The van der Waals surface area contributed by atoms with Crippen molar-refractivity contribution in [2.75, 3.05) is 37.2 Å². The number of aromatic amines is 1. The largest absolute Gasteiger partial charge is 0.398 e. The van der Waals surface area contributed by atoms with E-state index in [2.05, 4.69) is 34.4 Å².